The molecule has 5 rings (SSSR count). The fourth-order valence-electron chi connectivity index (χ4n) is 8.20. The second-order valence-electron chi connectivity index (χ2n) is 15.0. The SMILES string of the molecule is CCCCCCc1cc2c(cc1CCCCCC)C(=O)c1cc3c(cc1C2)C(=O)c1cc(CCCCCC)c(CCCCCC)cc1C3. The van der Waals surface area contributed by atoms with E-state index < -0.39 is 0 Å². The Hall–Kier alpha value is -3.00. The van der Waals surface area contributed by atoms with Gasteiger partial charge in [-0.2, -0.15) is 0 Å². The number of rotatable bonds is 20. The van der Waals surface area contributed by atoms with Gasteiger partial charge in [0.15, 0.2) is 11.6 Å². The van der Waals surface area contributed by atoms with E-state index in [9.17, 15) is 9.59 Å². The smallest absolute Gasteiger partial charge is 0.193 e. The van der Waals surface area contributed by atoms with Crippen molar-refractivity contribution in [2.75, 3.05) is 0 Å². The van der Waals surface area contributed by atoms with Crippen molar-refractivity contribution in [2.24, 2.45) is 0 Å². The third-order valence-electron chi connectivity index (χ3n) is 11.1. The summed E-state index contributed by atoms with van der Waals surface area (Å²) in [5.74, 6) is 0.303. The number of benzene rings is 3. The summed E-state index contributed by atoms with van der Waals surface area (Å²) in [6.07, 6.45) is 25.7. The predicted octanol–water partition coefficient (Wildman–Crippen LogP) is 12.4. The minimum absolute atomic E-state index is 0.152. The van der Waals surface area contributed by atoms with Gasteiger partial charge in [0.05, 0.1) is 0 Å². The molecular weight excluding hydrogens is 585 g/mol. The number of carbonyl (C=O) groups excluding carboxylic acids is 2. The molecule has 258 valence electrons. The molecule has 0 N–H and O–H groups in total. The van der Waals surface area contributed by atoms with E-state index in [0.29, 0.717) is 0 Å². The van der Waals surface area contributed by atoms with Gasteiger partial charge in [0.1, 0.15) is 0 Å². The van der Waals surface area contributed by atoms with Gasteiger partial charge < -0.3 is 0 Å². The van der Waals surface area contributed by atoms with Crippen LogP contribution >= 0.6 is 0 Å². The molecule has 0 saturated heterocycles. The topological polar surface area (TPSA) is 34.1 Å². The van der Waals surface area contributed by atoms with Gasteiger partial charge in [-0.15, -0.1) is 0 Å². The predicted molar refractivity (Wildman–Crippen MR) is 203 cm³/mol. The van der Waals surface area contributed by atoms with E-state index in [0.717, 1.165) is 83.0 Å². The maximum Gasteiger partial charge on any atom is 0.193 e. The summed E-state index contributed by atoms with van der Waals surface area (Å²) in [5.41, 5.74) is 13.5. The largest absolute Gasteiger partial charge is 0.289 e. The first-order valence-electron chi connectivity index (χ1n) is 20.0. The number of hydrogen-bond donors (Lipinski definition) is 0. The van der Waals surface area contributed by atoms with Crippen molar-refractivity contribution in [2.45, 2.75) is 169 Å². The van der Waals surface area contributed by atoms with E-state index in [-0.39, 0.29) is 11.6 Å². The van der Waals surface area contributed by atoms with E-state index >= 15 is 0 Å². The summed E-state index contributed by atoms with van der Waals surface area (Å²) in [7, 11) is 0. The Morgan fingerprint density at radius 2 is 0.625 bits per heavy atom. The molecule has 2 aliphatic carbocycles. The second kappa shape index (κ2) is 18.1. The van der Waals surface area contributed by atoms with E-state index in [2.05, 4.69) is 64.1 Å². The van der Waals surface area contributed by atoms with Gasteiger partial charge in [0, 0.05) is 22.3 Å². The van der Waals surface area contributed by atoms with Crippen molar-refractivity contribution in [1.82, 2.24) is 0 Å². The van der Waals surface area contributed by atoms with Crippen LogP contribution in [0.15, 0.2) is 36.4 Å². The van der Waals surface area contributed by atoms with E-state index in [1.165, 1.54) is 125 Å². The lowest BCUT2D eigenvalue weighted by atomic mass is 9.76. The van der Waals surface area contributed by atoms with Crippen molar-refractivity contribution in [3.63, 3.8) is 0 Å². The third kappa shape index (κ3) is 8.77. The highest BCUT2D eigenvalue weighted by Crippen LogP contribution is 2.37. The van der Waals surface area contributed by atoms with Crippen LogP contribution in [0.3, 0.4) is 0 Å². The van der Waals surface area contributed by atoms with Gasteiger partial charge in [-0.25, -0.2) is 0 Å². The molecule has 0 fully saturated rings. The van der Waals surface area contributed by atoms with Crippen molar-refractivity contribution in [1.29, 1.82) is 0 Å². The van der Waals surface area contributed by atoms with E-state index in [1.807, 2.05) is 0 Å². The Bertz CT molecular complexity index is 1440. The standard InChI is InChI=1S/C46H62O2/c1-5-9-13-17-21-33-25-37-27-39-31-44-40(32-43(39)45(47)41(37)29-35(33)23-19-15-11-7-3)28-38-26-34(22-18-14-10-6-2)36(24-20-16-12-8-4)30-42(38)46(44)48/h25-26,29-32H,5-24,27-28H2,1-4H3. The molecule has 3 aromatic carbocycles. The van der Waals surface area contributed by atoms with Crippen molar-refractivity contribution < 1.29 is 9.59 Å². The first-order chi connectivity index (χ1) is 23.5. The van der Waals surface area contributed by atoms with Crippen LogP contribution in [0.2, 0.25) is 0 Å². The number of carbonyl (C=O) groups is 2. The van der Waals surface area contributed by atoms with E-state index in [1.54, 1.807) is 0 Å². The molecule has 0 aromatic heterocycles. The molecule has 0 atom stereocenters. The van der Waals surface area contributed by atoms with Crippen LogP contribution in [0.4, 0.5) is 0 Å². The normalized spacial score (nSPS) is 13.3. The van der Waals surface area contributed by atoms with Crippen LogP contribution in [0, 0.1) is 0 Å². The molecule has 0 saturated carbocycles. The highest BCUT2D eigenvalue weighted by Gasteiger charge is 2.31. The molecule has 0 bridgehead atoms. The second-order valence-corrected chi connectivity index (χ2v) is 15.0. The number of fused-ring (bicyclic) bond motifs is 4. The van der Waals surface area contributed by atoms with Gasteiger partial charge in [-0.05, 0) is 133 Å². The molecule has 2 aliphatic rings. The molecule has 48 heavy (non-hydrogen) atoms. The quantitative estimate of drug-likeness (QED) is 0.0789. The molecule has 0 amide bonds. The number of ketones is 2. The molecule has 3 aromatic rings. The summed E-state index contributed by atoms with van der Waals surface area (Å²) in [5, 5.41) is 0. The fourth-order valence-corrected chi connectivity index (χ4v) is 8.20. The molecule has 0 spiro atoms. The molecule has 2 nitrogen and oxygen atoms in total. The number of aryl methyl sites for hydroxylation is 4. The van der Waals surface area contributed by atoms with Crippen molar-refractivity contribution >= 4 is 11.6 Å². The first kappa shape index (κ1) is 36.3. The summed E-state index contributed by atoms with van der Waals surface area (Å²) in [4.78, 5) is 28.4. The Balaban J connectivity index is 1.43. The first-order valence-corrected chi connectivity index (χ1v) is 20.0. The summed E-state index contributed by atoms with van der Waals surface area (Å²) < 4.78 is 0. The summed E-state index contributed by atoms with van der Waals surface area (Å²) >= 11 is 0. The van der Waals surface area contributed by atoms with Gasteiger partial charge >= 0.3 is 0 Å². The maximum absolute atomic E-state index is 14.2. The molecule has 0 aliphatic heterocycles. The molecule has 0 radical (unpaired) electrons. The van der Waals surface area contributed by atoms with E-state index in [4.69, 9.17) is 0 Å². The zero-order valence-corrected chi connectivity index (χ0v) is 30.8. The minimum atomic E-state index is 0.152. The fraction of sp³-hybridized carbons (Fsp3) is 0.565. The van der Waals surface area contributed by atoms with Crippen molar-refractivity contribution in [3.8, 4) is 0 Å². The molecule has 2 heteroatoms. The lowest BCUT2D eigenvalue weighted by Crippen LogP contribution is -2.22. The Morgan fingerprint density at radius 3 is 0.938 bits per heavy atom. The average molecular weight is 647 g/mol. The van der Waals surface area contributed by atoms with Gasteiger partial charge in [-0.3, -0.25) is 9.59 Å². The lowest BCUT2D eigenvalue weighted by molar-refractivity contribution is 0.102. The van der Waals surface area contributed by atoms with Gasteiger partial charge in [0.25, 0.3) is 0 Å². The van der Waals surface area contributed by atoms with Crippen LogP contribution in [-0.4, -0.2) is 11.6 Å². The molecule has 0 unspecified atom stereocenters. The Kier molecular flexibility index (Phi) is 13.7. The van der Waals surface area contributed by atoms with Crippen molar-refractivity contribution in [3.05, 3.63) is 103 Å². The zero-order chi connectivity index (χ0) is 33.9. The van der Waals surface area contributed by atoms with Crippen LogP contribution in [0.5, 0.6) is 0 Å². The van der Waals surface area contributed by atoms with Crippen LogP contribution in [0.25, 0.3) is 0 Å². The molecule has 0 heterocycles. The maximum atomic E-state index is 14.2. The van der Waals surface area contributed by atoms with Crippen LogP contribution in [-0.2, 0) is 38.5 Å². The third-order valence-corrected chi connectivity index (χ3v) is 11.1. The van der Waals surface area contributed by atoms with Crippen LogP contribution < -0.4 is 0 Å². The number of hydrogen-bond acceptors (Lipinski definition) is 2. The average Bonchev–Trinajstić information content (AvgIpc) is 3.09. The lowest BCUT2D eigenvalue weighted by Gasteiger charge is -2.26. The van der Waals surface area contributed by atoms with Gasteiger partial charge in [-0.1, -0.05) is 117 Å². The van der Waals surface area contributed by atoms with Gasteiger partial charge in [0.2, 0.25) is 0 Å². The highest BCUT2D eigenvalue weighted by atomic mass is 16.1. The Labute approximate surface area is 292 Å². The monoisotopic (exact) mass is 646 g/mol. The summed E-state index contributed by atoms with van der Waals surface area (Å²) in [6.45, 7) is 9.06. The molecular formula is C46H62O2. The minimum Gasteiger partial charge on any atom is -0.289 e. The zero-order valence-electron chi connectivity index (χ0n) is 30.8. The van der Waals surface area contributed by atoms with Crippen LogP contribution in [0.1, 0.15) is 207 Å². The highest BCUT2D eigenvalue weighted by molar-refractivity contribution is 6.16. The summed E-state index contributed by atoms with van der Waals surface area (Å²) in [6, 6.07) is 13.4. The number of unbranched alkanes of at least 4 members (excludes halogenated alkanes) is 12. The Morgan fingerprint density at radius 1 is 0.354 bits per heavy atom.